The summed E-state index contributed by atoms with van der Waals surface area (Å²) in [6.45, 7) is 0. The van der Waals surface area contributed by atoms with Gasteiger partial charge in [-0.05, 0) is 43.4 Å². The normalized spacial score (nSPS) is 49.6. The molecule has 1 nitrogen and oxygen atoms in total. The summed E-state index contributed by atoms with van der Waals surface area (Å²) in [4.78, 5) is 0. The largest absolute Gasteiger partial charge is 0.393 e. The van der Waals surface area contributed by atoms with Crippen LogP contribution < -0.4 is 0 Å². The number of aliphatic hydroxyl groups is 1. The van der Waals surface area contributed by atoms with Crippen LogP contribution in [0.1, 0.15) is 25.7 Å². The second kappa shape index (κ2) is 3.06. The van der Waals surface area contributed by atoms with E-state index >= 15 is 0 Å². The zero-order chi connectivity index (χ0) is 7.84. The molecule has 0 aliphatic heterocycles. The number of rotatable bonds is 1. The van der Waals surface area contributed by atoms with Crippen LogP contribution in [0, 0.1) is 17.8 Å². The van der Waals surface area contributed by atoms with Gasteiger partial charge in [0, 0.05) is 5.33 Å². The van der Waals surface area contributed by atoms with E-state index in [1.54, 1.807) is 0 Å². The lowest BCUT2D eigenvalue weighted by molar-refractivity contribution is 0.0640. The molecule has 2 saturated carbocycles. The van der Waals surface area contributed by atoms with Gasteiger partial charge in [0.15, 0.2) is 0 Å². The second-order valence-corrected chi connectivity index (χ2v) is 4.71. The van der Waals surface area contributed by atoms with Crippen LogP contribution in [-0.2, 0) is 0 Å². The minimum atomic E-state index is 0.0105. The Balaban J connectivity index is 2.06. The number of hydrogen-bond acceptors (Lipinski definition) is 1. The van der Waals surface area contributed by atoms with Crippen molar-refractivity contribution in [2.75, 3.05) is 5.33 Å². The number of halogens is 1. The molecule has 0 saturated heterocycles. The van der Waals surface area contributed by atoms with E-state index in [1.165, 1.54) is 19.3 Å². The monoisotopic (exact) mass is 218 g/mol. The van der Waals surface area contributed by atoms with Crippen LogP contribution in [0.15, 0.2) is 0 Å². The third-order valence-corrected chi connectivity index (χ3v) is 4.24. The van der Waals surface area contributed by atoms with Crippen LogP contribution in [0.25, 0.3) is 0 Å². The van der Waals surface area contributed by atoms with E-state index < -0.39 is 0 Å². The lowest BCUT2D eigenvalue weighted by atomic mass is 9.85. The maximum Gasteiger partial charge on any atom is 0.0571 e. The van der Waals surface area contributed by atoms with Crippen molar-refractivity contribution in [3.8, 4) is 0 Å². The standard InChI is InChI=1S/C9H15BrO/c10-5-7-3-6-1-2-9(11)8(7)4-6/h6-9,11H,1-5H2/t6-,7+,8+,9+/m0/s1. The van der Waals surface area contributed by atoms with Gasteiger partial charge < -0.3 is 5.11 Å². The molecular weight excluding hydrogens is 204 g/mol. The van der Waals surface area contributed by atoms with Gasteiger partial charge in [0.05, 0.1) is 6.10 Å². The van der Waals surface area contributed by atoms with Crippen LogP contribution in [-0.4, -0.2) is 16.5 Å². The van der Waals surface area contributed by atoms with Gasteiger partial charge in [0.1, 0.15) is 0 Å². The highest BCUT2D eigenvalue weighted by Gasteiger charge is 2.41. The molecule has 2 heteroatoms. The van der Waals surface area contributed by atoms with E-state index in [-0.39, 0.29) is 6.10 Å². The third-order valence-electron chi connectivity index (χ3n) is 3.41. The molecule has 1 N–H and O–H groups in total. The molecule has 2 bridgehead atoms. The maximum absolute atomic E-state index is 9.68. The van der Waals surface area contributed by atoms with E-state index in [9.17, 15) is 5.11 Å². The first-order valence-corrected chi connectivity index (χ1v) is 5.67. The van der Waals surface area contributed by atoms with Gasteiger partial charge in [0.2, 0.25) is 0 Å². The smallest absolute Gasteiger partial charge is 0.0571 e. The highest BCUT2D eigenvalue weighted by molar-refractivity contribution is 9.09. The Morgan fingerprint density at radius 2 is 2.09 bits per heavy atom. The van der Waals surface area contributed by atoms with Crippen molar-refractivity contribution in [2.24, 2.45) is 17.8 Å². The van der Waals surface area contributed by atoms with E-state index in [0.29, 0.717) is 5.92 Å². The highest BCUT2D eigenvalue weighted by Crippen LogP contribution is 2.46. The van der Waals surface area contributed by atoms with Gasteiger partial charge in [0.25, 0.3) is 0 Å². The van der Waals surface area contributed by atoms with Crippen molar-refractivity contribution in [2.45, 2.75) is 31.8 Å². The number of hydrogen-bond donors (Lipinski definition) is 1. The van der Waals surface area contributed by atoms with Gasteiger partial charge in [-0.15, -0.1) is 0 Å². The SMILES string of the molecule is O[C@@H]1CC[C@H]2C[C@H](CBr)[C@H]1C2. The van der Waals surface area contributed by atoms with Crippen molar-refractivity contribution in [3.05, 3.63) is 0 Å². The highest BCUT2D eigenvalue weighted by atomic mass is 79.9. The number of alkyl halides is 1. The van der Waals surface area contributed by atoms with E-state index in [1.807, 2.05) is 0 Å². The molecule has 0 aromatic carbocycles. The first-order chi connectivity index (χ1) is 5.31. The van der Waals surface area contributed by atoms with Crippen molar-refractivity contribution < 1.29 is 5.11 Å². The van der Waals surface area contributed by atoms with Gasteiger partial charge >= 0.3 is 0 Å². The second-order valence-electron chi connectivity index (χ2n) is 4.06. The van der Waals surface area contributed by atoms with Crippen molar-refractivity contribution in [1.82, 2.24) is 0 Å². The zero-order valence-corrected chi connectivity index (χ0v) is 8.26. The van der Waals surface area contributed by atoms with Crippen molar-refractivity contribution in [3.63, 3.8) is 0 Å². The van der Waals surface area contributed by atoms with Gasteiger partial charge in [-0.25, -0.2) is 0 Å². The summed E-state index contributed by atoms with van der Waals surface area (Å²) in [6, 6.07) is 0. The summed E-state index contributed by atoms with van der Waals surface area (Å²) in [7, 11) is 0. The summed E-state index contributed by atoms with van der Waals surface area (Å²) >= 11 is 3.53. The average molecular weight is 219 g/mol. The number of aliphatic hydroxyl groups excluding tert-OH is 1. The predicted octanol–water partition coefficient (Wildman–Crippen LogP) is 2.18. The Morgan fingerprint density at radius 1 is 1.27 bits per heavy atom. The molecule has 64 valence electrons. The summed E-state index contributed by atoms with van der Waals surface area (Å²) in [5, 5.41) is 10.8. The van der Waals surface area contributed by atoms with E-state index in [2.05, 4.69) is 15.9 Å². The molecule has 0 heterocycles. The van der Waals surface area contributed by atoms with Gasteiger partial charge in [-0.3, -0.25) is 0 Å². The molecule has 2 fully saturated rings. The Kier molecular flexibility index (Phi) is 2.24. The molecule has 2 aliphatic carbocycles. The first-order valence-electron chi connectivity index (χ1n) is 4.55. The average Bonchev–Trinajstić information content (AvgIpc) is 2.37. The minimum Gasteiger partial charge on any atom is -0.393 e. The summed E-state index contributed by atoms with van der Waals surface area (Å²) in [5.74, 6) is 2.32. The minimum absolute atomic E-state index is 0.0105. The van der Waals surface area contributed by atoms with Crippen LogP contribution in [0.5, 0.6) is 0 Å². The van der Waals surface area contributed by atoms with Crippen molar-refractivity contribution in [1.29, 1.82) is 0 Å². The molecule has 0 aromatic rings. The molecule has 0 spiro atoms. The van der Waals surface area contributed by atoms with Gasteiger partial charge in [-0.2, -0.15) is 0 Å². The topological polar surface area (TPSA) is 20.2 Å². The lowest BCUT2D eigenvalue weighted by Gasteiger charge is -2.26. The van der Waals surface area contributed by atoms with Crippen LogP contribution in [0.2, 0.25) is 0 Å². The molecule has 0 unspecified atom stereocenters. The fraction of sp³-hybridized carbons (Fsp3) is 1.00. The fourth-order valence-corrected chi connectivity index (χ4v) is 3.53. The summed E-state index contributed by atoms with van der Waals surface area (Å²) < 4.78 is 0. The summed E-state index contributed by atoms with van der Waals surface area (Å²) in [5.41, 5.74) is 0. The molecule has 0 aromatic heterocycles. The molecule has 2 aliphatic rings. The number of fused-ring (bicyclic) bond motifs is 2. The molecule has 2 rings (SSSR count). The molecule has 4 atom stereocenters. The molecule has 0 amide bonds. The lowest BCUT2D eigenvalue weighted by Crippen LogP contribution is -2.26. The fourth-order valence-electron chi connectivity index (χ4n) is 2.78. The Labute approximate surface area is 76.3 Å². The van der Waals surface area contributed by atoms with E-state index in [0.717, 1.165) is 23.6 Å². The maximum atomic E-state index is 9.68. The third kappa shape index (κ3) is 1.35. The van der Waals surface area contributed by atoms with Crippen molar-refractivity contribution >= 4 is 15.9 Å². The van der Waals surface area contributed by atoms with Crippen LogP contribution in [0.3, 0.4) is 0 Å². The Hall–Kier alpha value is 0.440. The van der Waals surface area contributed by atoms with Gasteiger partial charge in [-0.1, -0.05) is 15.9 Å². The zero-order valence-electron chi connectivity index (χ0n) is 6.67. The first kappa shape index (κ1) is 8.06. The molecular formula is C9H15BrO. The molecule has 11 heavy (non-hydrogen) atoms. The van der Waals surface area contributed by atoms with Crippen LogP contribution in [0.4, 0.5) is 0 Å². The quantitative estimate of drug-likeness (QED) is 0.670. The predicted molar refractivity (Wildman–Crippen MR) is 48.7 cm³/mol. The Morgan fingerprint density at radius 3 is 2.82 bits per heavy atom. The van der Waals surface area contributed by atoms with Crippen LogP contribution >= 0.6 is 15.9 Å². The molecule has 0 radical (unpaired) electrons. The summed E-state index contributed by atoms with van der Waals surface area (Å²) in [6.07, 6.45) is 4.97. The van der Waals surface area contributed by atoms with E-state index in [4.69, 9.17) is 0 Å². The Bertz CT molecular complexity index is 146.